The van der Waals surface area contributed by atoms with E-state index in [9.17, 15) is 71.5 Å². The molecule has 4 aliphatic rings. The van der Waals surface area contributed by atoms with Crippen LogP contribution in [0.3, 0.4) is 0 Å². The SMILES string of the molecule is OCC1OC(O[C@]2(CO[C@]3(CO[C@]4(CO)C[C@H](CO)[C@H](O)C4O)O[C@H](CO)[C@H](O)C3O)O[C@H](CO)[C@H](O)C2O)[C@H](O)[C@@H](O)[C@H]1O. The van der Waals surface area contributed by atoms with Gasteiger partial charge in [-0.25, -0.2) is 0 Å². The van der Waals surface area contributed by atoms with Crippen molar-refractivity contribution in [3.8, 4) is 0 Å². The number of hydrogen-bond donors (Lipinski definition) is 14. The van der Waals surface area contributed by atoms with Crippen LogP contribution in [0.1, 0.15) is 6.42 Å². The first-order valence-corrected chi connectivity index (χ1v) is 14.3. The van der Waals surface area contributed by atoms with Gasteiger partial charge in [0.25, 0.3) is 0 Å². The van der Waals surface area contributed by atoms with Crippen molar-refractivity contribution in [3.05, 3.63) is 0 Å². The van der Waals surface area contributed by atoms with Crippen molar-refractivity contribution in [2.75, 3.05) is 46.2 Å². The van der Waals surface area contributed by atoms with Crippen LogP contribution in [0.2, 0.25) is 0 Å². The van der Waals surface area contributed by atoms with Crippen LogP contribution in [0.4, 0.5) is 0 Å². The van der Waals surface area contributed by atoms with Crippen LogP contribution in [-0.2, 0) is 28.4 Å². The highest BCUT2D eigenvalue weighted by Crippen LogP contribution is 2.43. The van der Waals surface area contributed by atoms with E-state index in [1.165, 1.54) is 0 Å². The van der Waals surface area contributed by atoms with Crippen LogP contribution in [-0.4, -0.2) is 214 Å². The zero-order valence-corrected chi connectivity index (χ0v) is 24.0. The lowest BCUT2D eigenvalue weighted by molar-refractivity contribution is -0.401. The fourth-order valence-electron chi connectivity index (χ4n) is 6.14. The molecular formula is C25H44O20. The lowest BCUT2D eigenvalue weighted by Gasteiger charge is -2.44. The van der Waals surface area contributed by atoms with Crippen molar-refractivity contribution in [2.24, 2.45) is 5.92 Å². The Morgan fingerprint density at radius 2 is 1.07 bits per heavy atom. The van der Waals surface area contributed by atoms with Crippen molar-refractivity contribution >= 4 is 0 Å². The molecule has 20 heteroatoms. The maximum atomic E-state index is 11.0. The van der Waals surface area contributed by atoms with E-state index in [1.807, 2.05) is 0 Å². The van der Waals surface area contributed by atoms with Gasteiger partial charge in [0, 0.05) is 12.5 Å². The van der Waals surface area contributed by atoms with Crippen LogP contribution in [0.15, 0.2) is 0 Å². The van der Waals surface area contributed by atoms with Gasteiger partial charge in [-0.2, -0.15) is 0 Å². The predicted molar refractivity (Wildman–Crippen MR) is 137 cm³/mol. The van der Waals surface area contributed by atoms with Gasteiger partial charge in [0.2, 0.25) is 11.6 Å². The number of rotatable bonds is 13. The maximum Gasteiger partial charge on any atom is 0.224 e. The fourth-order valence-corrected chi connectivity index (χ4v) is 6.14. The second kappa shape index (κ2) is 14.4. The van der Waals surface area contributed by atoms with Crippen LogP contribution in [0.5, 0.6) is 0 Å². The van der Waals surface area contributed by atoms with Crippen LogP contribution in [0.25, 0.3) is 0 Å². The molecule has 3 heterocycles. The van der Waals surface area contributed by atoms with Crippen LogP contribution >= 0.6 is 0 Å². The van der Waals surface area contributed by atoms with Crippen molar-refractivity contribution in [2.45, 2.75) is 103 Å². The summed E-state index contributed by atoms with van der Waals surface area (Å²) in [7, 11) is 0. The summed E-state index contributed by atoms with van der Waals surface area (Å²) in [5.74, 6) is -6.10. The summed E-state index contributed by atoms with van der Waals surface area (Å²) < 4.78 is 33.7. The van der Waals surface area contributed by atoms with Gasteiger partial charge in [0.15, 0.2) is 6.29 Å². The molecule has 17 atom stereocenters. The summed E-state index contributed by atoms with van der Waals surface area (Å²) >= 11 is 0. The van der Waals surface area contributed by atoms with Crippen molar-refractivity contribution in [1.29, 1.82) is 0 Å². The Hall–Kier alpha value is -0.800. The first-order chi connectivity index (χ1) is 21.2. The third-order valence-corrected chi connectivity index (χ3v) is 9.07. The molecule has 264 valence electrons. The lowest BCUT2D eigenvalue weighted by atomic mass is 9.98. The zero-order valence-electron chi connectivity index (χ0n) is 24.0. The molecule has 14 N–H and O–H groups in total. The van der Waals surface area contributed by atoms with E-state index in [2.05, 4.69) is 0 Å². The number of aliphatic hydroxyl groups excluding tert-OH is 14. The number of aliphatic hydroxyl groups is 14. The number of hydrogen-bond acceptors (Lipinski definition) is 20. The minimum absolute atomic E-state index is 0.281. The highest BCUT2D eigenvalue weighted by Gasteiger charge is 2.63. The first kappa shape index (κ1) is 37.0. The van der Waals surface area contributed by atoms with E-state index < -0.39 is 149 Å². The highest BCUT2D eigenvalue weighted by atomic mass is 16.8. The van der Waals surface area contributed by atoms with E-state index in [-0.39, 0.29) is 6.42 Å². The van der Waals surface area contributed by atoms with E-state index >= 15 is 0 Å². The third kappa shape index (κ3) is 6.50. The molecule has 1 aliphatic carbocycles. The fraction of sp³-hybridized carbons (Fsp3) is 1.00. The lowest BCUT2D eigenvalue weighted by Crippen LogP contribution is -2.63. The van der Waals surface area contributed by atoms with Crippen molar-refractivity contribution < 1.29 is 99.9 Å². The monoisotopic (exact) mass is 664 g/mol. The Kier molecular flexibility index (Phi) is 11.8. The molecule has 1 saturated carbocycles. The second-order valence-electron chi connectivity index (χ2n) is 11.9. The Morgan fingerprint density at radius 3 is 1.56 bits per heavy atom. The van der Waals surface area contributed by atoms with Crippen molar-refractivity contribution in [1.82, 2.24) is 0 Å². The smallest absolute Gasteiger partial charge is 0.224 e. The van der Waals surface area contributed by atoms with Gasteiger partial charge in [-0.1, -0.05) is 0 Å². The number of ether oxygens (including phenoxy) is 6. The summed E-state index contributed by atoms with van der Waals surface area (Å²) in [6.07, 6.45) is -23.8. The molecule has 0 radical (unpaired) electrons. The highest BCUT2D eigenvalue weighted by molar-refractivity contribution is 5.06. The molecule has 3 aliphatic heterocycles. The summed E-state index contributed by atoms with van der Waals surface area (Å²) in [5.41, 5.74) is -1.94. The molecule has 5 unspecified atom stereocenters. The summed E-state index contributed by atoms with van der Waals surface area (Å²) in [5, 5.41) is 144. The molecular weight excluding hydrogens is 620 g/mol. The van der Waals surface area contributed by atoms with Crippen LogP contribution < -0.4 is 0 Å². The molecule has 0 bridgehead atoms. The molecule has 4 fully saturated rings. The normalized spacial score (nSPS) is 52.1. The molecule has 0 amide bonds. The average molecular weight is 665 g/mol. The van der Waals surface area contributed by atoms with Crippen molar-refractivity contribution in [3.63, 3.8) is 0 Å². The predicted octanol–water partition coefficient (Wildman–Crippen LogP) is -9.08. The van der Waals surface area contributed by atoms with Gasteiger partial charge in [-0.05, 0) is 6.42 Å². The molecule has 0 spiro atoms. The first-order valence-electron chi connectivity index (χ1n) is 14.3. The Morgan fingerprint density at radius 1 is 0.533 bits per heavy atom. The summed E-state index contributed by atoms with van der Waals surface area (Å²) in [6.45, 7) is -6.17. The minimum Gasteiger partial charge on any atom is -0.396 e. The summed E-state index contributed by atoms with van der Waals surface area (Å²) in [4.78, 5) is 0. The Balaban J connectivity index is 1.65. The van der Waals surface area contributed by atoms with Crippen LogP contribution in [0, 0.1) is 5.92 Å². The van der Waals surface area contributed by atoms with E-state index in [1.54, 1.807) is 0 Å². The largest absolute Gasteiger partial charge is 0.396 e. The summed E-state index contributed by atoms with van der Waals surface area (Å²) in [6, 6.07) is 0. The Bertz CT molecular complexity index is 962. The molecule has 20 nitrogen and oxygen atoms in total. The van der Waals surface area contributed by atoms with Gasteiger partial charge in [0.1, 0.15) is 86.0 Å². The molecule has 0 aromatic rings. The molecule has 0 aromatic carbocycles. The topological polar surface area (TPSA) is 339 Å². The van der Waals surface area contributed by atoms with Gasteiger partial charge in [-0.15, -0.1) is 0 Å². The average Bonchev–Trinajstić information content (AvgIpc) is 3.55. The maximum absolute atomic E-state index is 11.0. The van der Waals surface area contributed by atoms with E-state index in [0.717, 1.165) is 0 Å². The third-order valence-electron chi connectivity index (χ3n) is 9.07. The second-order valence-corrected chi connectivity index (χ2v) is 11.9. The van der Waals surface area contributed by atoms with Gasteiger partial charge in [-0.3, -0.25) is 0 Å². The molecule has 4 rings (SSSR count). The Labute approximate surface area is 255 Å². The molecule has 0 aromatic heterocycles. The quantitative estimate of drug-likeness (QED) is 0.0868. The van der Waals surface area contributed by atoms with Gasteiger partial charge >= 0.3 is 0 Å². The van der Waals surface area contributed by atoms with Gasteiger partial charge in [0.05, 0.1) is 32.5 Å². The van der Waals surface area contributed by atoms with E-state index in [4.69, 9.17) is 28.4 Å². The standard InChI is InChI=1S/C25H44O20/c26-2-9-1-23(6-30,19(37)13(9)31)40-7-24(20(38)15(33)11(4-28)43-24)41-8-25(21(39)16(34)12(5-29)44-25)45-22-18(36)17(35)14(32)10(3-27)42-22/h9-22,26-39H,1-8H2/t9-,10?,11-,12-,13+,14+,15+,16+,17+,18-,19?,20?,21?,22?,23+,24-,25+/m1/s1. The molecule has 45 heavy (non-hydrogen) atoms. The molecule has 3 saturated heterocycles. The van der Waals surface area contributed by atoms with E-state index in [0.29, 0.717) is 0 Å². The van der Waals surface area contributed by atoms with Gasteiger partial charge < -0.3 is 99.9 Å². The minimum atomic E-state index is -2.64. The zero-order chi connectivity index (χ0) is 33.5.